The van der Waals surface area contributed by atoms with Crippen molar-refractivity contribution >= 4 is 35.6 Å². The highest BCUT2D eigenvalue weighted by molar-refractivity contribution is 5.94. The number of amides is 2. The Kier molecular flexibility index (Phi) is 11.4. The minimum Gasteiger partial charge on any atom is -0.497 e. The maximum atomic E-state index is 12.2. The molecule has 0 aliphatic heterocycles. The van der Waals surface area contributed by atoms with Gasteiger partial charge in [-0.15, -0.1) is 12.4 Å². The standard InChI is InChI=1S/C18H29N3O3.ClH/c1-4-11-21(12-5-2)18(23)8-6-7-17(22)20-16-13-14(24-3)9-10-15(16)19;/h9-10,13H,4-8,11-12,19H2,1-3H3,(H,20,22);1H. The van der Waals surface area contributed by atoms with Crippen LogP contribution in [-0.2, 0) is 9.59 Å². The molecular weight excluding hydrogens is 342 g/mol. The summed E-state index contributed by atoms with van der Waals surface area (Å²) in [7, 11) is 1.56. The van der Waals surface area contributed by atoms with Gasteiger partial charge in [0.2, 0.25) is 11.8 Å². The molecule has 0 saturated carbocycles. The van der Waals surface area contributed by atoms with Crippen molar-refractivity contribution in [1.82, 2.24) is 4.90 Å². The quantitative estimate of drug-likeness (QED) is 0.617. The van der Waals surface area contributed by atoms with E-state index < -0.39 is 0 Å². The van der Waals surface area contributed by atoms with Gasteiger partial charge < -0.3 is 20.7 Å². The maximum Gasteiger partial charge on any atom is 0.224 e. The van der Waals surface area contributed by atoms with E-state index in [-0.39, 0.29) is 30.6 Å². The number of halogens is 1. The lowest BCUT2D eigenvalue weighted by Crippen LogP contribution is -2.32. The van der Waals surface area contributed by atoms with Crippen LogP contribution in [0.1, 0.15) is 46.0 Å². The smallest absolute Gasteiger partial charge is 0.224 e. The summed E-state index contributed by atoms with van der Waals surface area (Å²) in [6.45, 7) is 5.67. The number of rotatable bonds is 10. The summed E-state index contributed by atoms with van der Waals surface area (Å²) in [6, 6.07) is 5.10. The number of methoxy groups -OCH3 is 1. The number of hydrogen-bond acceptors (Lipinski definition) is 4. The van der Waals surface area contributed by atoms with Crippen LogP contribution in [0.4, 0.5) is 11.4 Å². The van der Waals surface area contributed by atoms with E-state index in [0.717, 1.165) is 25.9 Å². The number of hydrogen-bond donors (Lipinski definition) is 2. The number of benzene rings is 1. The number of nitrogens with one attached hydrogen (secondary N) is 1. The Morgan fingerprint density at radius 1 is 1.16 bits per heavy atom. The van der Waals surface area contributed by atoms with Crippen molar-refractivity contribution in [1.29, 1.82) is 0 Å². The van der Waals surface area contributed by atoms with Crippen molar-refractivity contribution in [2.75, 3.05) is 31.2 Å². The molecule has 25 heavy (non-hydrogen) atoms. The van der Waals surface area contributed by atoms with Crippen molar-refractivity contribution in [2.45, 2.75) is 46.0 Å². The zero-order chi connectivity index (χ0) is 17.9. The molecule has 0 aliphatic rings. The average molecular weight is 372 g/mol. The Balaban J connectivity index is 0.00000576. The fourth-order valence-electron chi connectivity index (χ4n) is 2.44. The maximum absolute atomic E-state index is 12.2. The largest absolute Gasteiger partial charge is 0.497 e. The second kappa shape index (κ2) is 12.4. The average Bonchev–Trinajstić information content (AvgIpc) is 2.56. The molecular formula is C18H30ClN3O3. The SMILES string of the molecule is CCCN(CCC)C(=O)CCCC(=O)Nc1cc(OC)ccc1N.Cl. The monoisotopic (exact) mass is 371 g/mol. The molecule has 6 nitrogen and oxygen atoms in total. The second-order valence-corrected chi connectivity index (χ2v) is 5.74. The second-order valence-electron chi connectivity index (χ2n) is 5.74. The normalized spacial score (nSPS) is 9.88. The number of ether oxygens (including phenoxy) is 1. The van der Waals surface area contributed by atoms with Crippen molar-refractivity contribution in [3.8, 4) is 5.75 Å². The van der Waals surface area contributed by atoms with Crippen LogP contribution in [-0.4, -0.2) is 36.9 Å². The summed E-state index contributed by atoms with van der Waals surface area (Å²) in [5.41, 5.74) is 6.86. The summed E-state index contributed by atoms with van der Waals surface area (Å²) in [5.74, 6) is 0.595. The zero-order valence-electron chi connectivity index (χ0n) is 15.3. The molecule has 0 bridgehead atoms. The molecule has 0 unspecified atom stereocenters. The summed E-state index contributed by atoms with van der Waals surface area (Å²) < 4.78 is 5.12. The highest BCUT2D eigenvalue weighted by atomic mass is 35.5. The van der Waals surface area contributed by atoms with Crippen LogP contribution in [0, 0.1) is 0 Å². The van der Waals surface area contributed by atoms with E-state index in [9.17, 15) is 9.59 Å². The summed E-state index contributed by atoms with van der Waals surface area (Å²) in [4.78, 5) is 26.1. The molecule has 142 valence electrons. The Morgan fingerprint density at radius 2 is 1.80 bits per heavy atom. The molecule has 1 aromatic rings. The van der Waals surface area contributed by atoms with E-state index in [1.165, 1.54) is 0 Å². The van der Waals surface area contributed by atoms with Gasteiger partial charge in [0.25, 0.3) is 0 Å². The van der Waals surface area contributed by atoms with Crippen LogP contribution in [0.15, 0.2) is 18.2 Å². The molecule has 1 rings (SSSR count). The van der Waals surface area contributed by atoms with E-state index in [4.69, 9.17) is 10.5 Å². The predicted octanol–water partition coefficient (Wildman–Crippen LogP) is 3.46. The van der Waals surface area contributed by atoms with E-state index in [2.05, 4.69) is 19.2 Å². The number of nitrogens with two attached hydrogens (primary N) is 1. The molecule has 0 saturated heterocycles. The summed E-state index contributed by atoms with van der Waals surface area (Å²) >= 11 is 0. The number of nitrogen functional groups attached to an aromatic ring is 1. The topological polar surface area (TPSA) is 84.7 Å². The highest BCUT2D eigenvalue weighted by Gasteiger charge is 2.13. The van der Waals surface area contributed by atoms with Crippen molar-refractivity contribution in [3.05, 3.63) is 18.2 Å². The first kappa shape index (κ1) is 23.1. The number of carbonyl (C=O) groups excluding carboxylic acids is 2. The third-order valence-electron chi connectivity index (χ3n) is 3.67. The Morgan fingerprint density at radius 3 is 2.36 bits per heavy atom. The van der Waals surface area contributed by atoms with Crippen molar-refractivity contribution < 1.29 is 14.3 Å². The van der Waals surface area contributed by atoms with Crippen molar-refractivity contribution in [2.24, 2.45) is 0 Å². The Hall–Kier alpha value is -1.95. The van der Waals surface area contributed by atoms with Gasteiger partial charge in [-0.2, -0.15) is 0 Å². The molecule has 0 aromatic heterocycles. The van der Waals surface area contributed by atoms with Crippen LogP contribution in [0.25, 0.3) is 0 Å². The number of carbonyl (C=O) groups is 2. The third-order valence-corrected chi connectivity index (χ3v) is 3.67. The molecule has 0 heterocycles. The minimum atomic E-state index is -0.153. The van der Waals surface area contributed by atoms with E-state index in [1.807, 2.05) is 4.90 Å². The van der Waals surface area contributed by atoms with Gasteiger partial charge in [0.15, 0.2) is 0 Å². The van der Waals surface area contributed by atoms with Crippen LogP contribution < -0.4 is 15.8 Å². The summed E-state index contributed by atoms with van der Waals surface area (Å²) in [5, 5.41) is 2.77. The Bertz CT molecular complexity index is 546. The van der Waals surface area contributed by atoms with Gasteiger partial charge in [-0.3, -0.25) is 9.59 Å². The highest BCUT2D eigenvalue weighted by Crippen LogP contribution is 2.24. The van der Waals surface area contributed by atoms with Crippen LogP contribution in [0.2, 0.25) is 0 Å². The first-order valence-electron chi connectivity index (χ1n) is 8.52. The van der Waals surface area contributed by atoms with E-state index >= 15 is 0 Å². The molecule has 3 N–H and O–H groups in total. The molecule has 1 aromatic carbocycles. The lowest BCUT2D eigenvalue weighted by molar-refractivity contribution is -0.131. The fraction of sp³-hybridized carbons (Fsp3) is 0.556. The molecule has 0 atom stereocenters. The van der Waals surface area contributed by atoms with Crippen LogP contribution in [0.5, 0.6) is 5.75 Å². The van der Waals surface area contributed by atoms with Gasteiger partial charge in [0.05, 0.1) is 18.5 Å². The van der Waals surface area contributed by atoms with Crippen LogP contribution >= 0.6 is 12.4 Å². The molecule has 2 amide bonds. The fourth-order valence-corrected chi connectivity index (χ4v) is 2.44. The Labute approximate surface area is 156 Å². The molecule has 0 radical (unpaired) electrons. The van der Waals surface area contributed by atoms with E-state index in [1.54, 1.807) is 25.3 Å². The lowest BCUT2D eigenvalue weighted by atomic mass is 10.2. The summed E-state index contributed by atoms with van der Waals surface area (Å²) in [6.07, 6.45) is 3.09. The molecule has 0 fully saturated rings. The van der Waals surface area contributed by atoms with Gasteiger partial charge >= 0.3 is 0 Å². The van der Waals surface area contributed by atoms with Gasteiger partial charge in [-0.05, 0) is 31.4 Å². The third kappa shape index (κ3) is 8.12. The van der Waals surface area contributed by atoms with Gasteiger partial charge in [0, 0.05) is 32.0 Å². The first-order chi connectivity index (χ1) is 11.5. The van der Waals surface area contributed by atoms with Crippen molar-refractivity contribution in [3.63, 3.8) is 0 Å². The van der Waals surface area contributed by atoms with Gasteiger partial charge in [0.1, 0.15) is 5.75 Å². The number of nitrogens with zero attached hydrogens (tertiary/aromatic N) is 1. The zero-order valence-corrected chi connectivity index (χ0v) is 16.2. The predicted molar refractivity (Wildman–Crippen MR) is 104 cm³/mol. The molecule has 7 heteroatoms. The van der Waals surface area contributed by atoms with Gasteiger partial charge in [-0.25, -0.2) is 0 Å². The first-order valence-corrected chi connectivity index (χ1v) is 8.52. The van der Waals surface area contributed by atoms with Crippen LogP contribution in [0.3, 0.4) is 0 Å². The molecule has 0 spiro atoms. The van der Waals surface area contributed by atoms with Gasteiger partial charge in [-0.1, -0.05) is 13.8 Å². The van der Waals surface area contributed by atoms with E-state index in [0.29, 0.717) is 30.0 Å². The number of anilines is 2. The lowest BCUT2D eigenvalue weighted by Gasteiger charge is -2.21. The molecule has 0 aliphatic carbocycles. The minimum absolute atomic E-state index is 0.